The predicted molar refractivity (Wildman–Crippen MR) is 105 cm³/mol. The highest BCUT2D eigenvalue weighted by molar-refractivity contribution is 5.98. The fraction of sp³-hybridized carbons (Fsp3) is 0.333. The van der Waals surface area contributed by atoms with Crippen molar-refractivity contribution < 1.29 is 14.3 Å². The molecule has 0 aliphatic carbocycles. The third-order valence-electron chi connectivity index (χ3n) is 4.52. The third-order valence-corrected chi connectivity index (χ3v) is 4.52. The fourth-order valence-electron chi connectivity index (χ4n) is 2.99. The van der Waals surface area contributed by atoms with Crippen molar-refractivity contribution >= 4 is 17.5 Å². The number of hydrogen-bond acceptors (Lipinski definition) is 4. The minimum atomic E-state index is -0.343. The summed E-state index contributed by atoms with van der Waals surface area (Å²) in [5, 5.41) is 2.93. The topological polar surface area (TPSA) is 61.9 Å². The number of carbonyl (C=O) groups excluding carboxylic acids is 2. The molecule has 6 nitrogen and oxygen atoms in total. The first-order valence-electron chi connectivity index (χ1n) is 9.08. The molecule has 142 valence electrons. The van der Waals surface area contributed by atoms with Gasteiger partial charge in [0.15, 0.2) is 5.75 Å². The van der Waals surface area contributed by atoms with Gasteiger partial charge in [-0.25, -0.2) is 0 Å². The van der Waals surface area contributed by atoms with Gasteiger partial charge in [-0.15, -0.1) is 0 Å². The van der Waals surface area contributed by atoms with Gasteiger partial charge in [0.25, 0.3) is 0 Å². The van der Waals surface area contributed by atoms with Crippen molar-refractivity contribution in [3.8, 4) is 11.5 Å². The second kappa shape index (κ2) is 8.68. The van der Waals surface area contributed by atoms with Gasteiger partial charge in [0.1, 0.15) is 5.75 Å². The Morgan fingerprint density at radius 2 is 1.85 bits per heavy atom. The summed E-state index contributed by atoms with van der Waals surface area (Å²) in [5.41, 5.74) is 0.602. The standard InChI is InChI=1S/C21H25N3O3/c1-23(2)12-13-24-15-16(14-20(24)25)21(26)22-18-10-6-7-11-19(18)27-17-8-4-3-5-9-17/h3-11,16H,12-15H2,1-2H3,(H,22,26). The van der Waals surface area contributed by atoms with Gasteiger partial charge in [0, 0.05) is 26.1 Å². The molecule has 1 aliphatic rings. The summed E-state index contributed by atoms with van der Waals surface area (Å²) >= 11 is 0. The summed E-state index contributed by atoms with van der Waals surface area (Å²) in [6, 6.07) is 16.7. The molecular weight excluding hydrogens is 342 g/mol. The highest BCUT2D eigenvalue weighted by Gasteiger charge is 2.34. The Bertz CT molecular complexity index is 792. The molecule has 0 spiro atoms. The lowest BCUT2D eigenvalue weighted by Gasteiger charge is -2.19. The minimum absolute atomic E-state index is 0.0332. The van der Waals surface area contributed by atoms with E-state index >= 15 is 0 Å². The number of rotatable bonds is 7. The van der Waals surface area contributed by atoms with Gasteiger partial charge < -0.3 is 19.9 Å². The first-order chi connectivity index (χ1) is 13.0. The van der Waals surface area contributed by atoms with E-state index < -0.39 is 0 Å². The van der Waals surface area contributed by atoms with Crippen LogP contribution < -0.4 is 10.1 Å². The Morgan fingerprint density at radius 3 is 2.59 bits per heavy atom. The van der Waals surface area contributed by atoms with Crippen molar-refractivity contribution in [2.75, 3.05) is 39.0 Å². The minimum Gasteiger partial charge on any atom is -0.455 e. The third kappa shape index (κ3) is 5.08. The number of para-hydroxylation sites is 3. The number of ether oxygens (including phenoxy) is 1. The molecule has 1 heterocycles. The fourth-order valence-corrected chi connectivity index (χ4v) is 2.99. The number of anilines is 1. The molecule has 0 radical (unpaired) electrons. The van der Waals surface area contributed by atoms with Crippen LogP contribution in [0, 0.1) is 5.92 Å². The van der Waals surface area contributed by atoms with E-state index in [4.69, 9.17) is 4.74 Å². The van der Waals surface area contributed by atoms with Crippen molar-refractivity contribution in [1.29, 1.82) is 0 Å². The highest BCUT2D eigenvalue weighted by atomic mass is 16.5. The number of hydrogen-bond donors (Lipinski definition) is 1. The largest absolute Gasteiger partial charge is 0.455 e. The van der Waals surface area contributed by atoms with Crippen LogP contribution in [0.5, 0.6) is 11.5 Å². The SMILES string of the molecule is CN(C)CCN1CC(C(=O)Nc2ccccc2Oc2ccccc2)CC1=O. The molecule has 1 N–H and O–H groups in total. The van der Waals surface area contributed by atoms with E-state index in [0.29, 0.717) is 30.3 Å². The van der Waals surface area contributed by atoms with E-state index in [1.54, 1.807) is 11.0 Å². The average Bonchev–Trinajstić information content (AvgIpc) is 3.03. The van der Waals surface area contributed by atoms with Crippen LogP contribution in [-0.4, -0.2) is 55.3 Å². The summed E-state index contributed by atoms with van der Waals surface area (Å²) in [5.74, 6) is 0.811. The Hall–Kier alpha value is -2.86. The van der Waals surface area contributed by atoms with E-state index in [0.717, 1.165) is 6.54 Å². The number of likely N-dealkylation sites (tertiary alicyclic amines) is 1. The quantitative estimate of drug-likeness (QED) is 0.817. The van der Waals surface area contributed by atoms with Crippen molar-refractivity contribution in [2.45, 2.75) is 6.42 Å². The van der Waals surface area contributed by atoms with Gasteiger partial charge >= 0.3 is 0 Å². The smallest absolute Gasteiger partial charge is 0.229 e. The molecule has 6 heteroatoms. The number of likely N-dealkylation sites (N-methyl/N-ethyl adjacent to an activating group) is 1. The molecule has 2 aromatic rings. The van der Waals surface area contributed by atoms with Crippen LogP contribution >= 0.6 is 0 Å². The van der Waals surface area contributed by atoms with Gasteiger partial charge in [-0.1, -0.05) is 30.3 Å². The maximum Gasteiger partial charge on any atom is 0.229 e. The first kappa shape index (κ1) is 18.9. The zero-order valence-electron chi connectivity index (χ0n) is 15.7. The molecule has 0 aromatic heterocycles. The average molecular weight is 367 g/mol. The molecule has 0 bridgehead atoms. The second-order valence-corrected chi connectivity index (χ2v) is 6.94. The van der Waals surface area contributed by atoms with Crippen molar-refractivity contribution in [2.24, 2.45) is 5.92 Å². The lowest BCUT2D eigenvalue weighted by atomic mass is 10.1. The molecule has 1 aliphatic heterocycles. The lowest BCUT2D eigenvalue weighted by Crippen LogP contribution is -2.34. The molecule has 2 amide bonds. The summed E-state index contributed by atoms with van der Waals surface area (Å²) in [7, 11) is 3.93. The second-order valence-electron chi connectivity index (χ2n) is 6.94. The van der Waals surface area contributed by atoms with Gasteiger partial charge in [-0.05, 0) is 38.4 Å². The molecule has 27 heavy (non-hydrogen) atoms. The highest BCUT2D eigenvalue weighted by Crippen LogP contribution is 2.30. The summed E-state index contributed by atoms with van der Waals surface area (Å²) in [4.78, 5) is 28.6. The van der Waals surface area contributed by atoms with Gasteiger partial charge in [-0.3, -0.25) is 9.59 Å². The van der Waals surface area contributed by atoms with Gasteiger partial charge in [0.2, 0.25) is 11.8 Å². The van der Waals surface area contributed by atoms with Crippen LogP contribution in [0.3, 0.4) is 0 Å². The summed E-state index contributed by atoms with van der Waals surface area (Å²) in [6.45, 7) is 1.89. The molecule has 1 fully saturated rings. The maximum absolute atomic E-state index is 12.7. The Morgan fingerprint density at radius 1 is 1.15 bits per heavy atom. The number of carbonyl (C=O) groups is 2. The van der Waals surface area contributed by atoms with E-state index in [2.05, 4.69) is 5.32 Å². The van der Waals surface area contributed by atoms with Crippen LogP contribution in [0.1, 0.15) is 6.42 Å². The predicted octanol–water partition coefficient (Wildman–Crippen LogP) is 2.83. The molecule has 3 rings (SSSR count). The molecule has 1 saturated heterocycles. The van der Waals surface area contributed by atoms with Crippen molar-refractivity contribution in [1.82, 2.24) is 9.80 Å². The van der Waals surface area contributed by atoms with Crippen molar-refractivity contribution in [3.63, 3.8) is 0 Å². The zero-order valence-corrected chi connectivity index (χ0v) is 15.7. The lowest BCUT2D eigenvalue weighted by molar-refractivity contribution is -0.128. The summed E-state index contributed by atoms with van der Waals surface area (Å²) < 4.78 is 5.88. The normalized spacial score (nSPS) is 16.6. The molecule has 1 atom stereocenters. The van der Waals surface area contributed by atoms with E-state index in [1.165, 1.54) is 0 Å². The molecule has 2 aromatic carbocycles. The summed E-state index contributed by atoms with van der Waals surface area (Å²) in [6.07, 6.45) is 0.251. The number of amides is 2. The van der Waals surface area contributed by atoms with Crippen LogP contribution in [0.15, 0.2) is 54.6 Å². The number of benzene rings is 2. The molecular formula is C21H25N3O3. The van der Waals surface area contributed by atoms with Gasteiger partial charge in [-0.2, -0.15) is 0 Å². The first-order valence-corrected chi connectivity index (χ1v) is 9.08. The monoisotopic (exact) mass is 367 g/mol. The van der Waals surface area contributed by atoms with Crippen LogP contribution in [0.4, 0.5) is 5.69 Å². The maximum atomic E-state index is 12.7. The molecule has 0 saturated carbocycles. The van der Waals surface area contributed by atoms with Crippen LogP contribution in [-0.2, 0) is 9.59 Å². The zero-order chi connectivity index (χ0) is 19.2. The Kier molecular flexibility index (Phi) is 6.08. The Balaban J connectivity index is 1.64. The number of nitrogens with zero attached hydrogens (tertiary/aromatic N) is 2. The number of nitrogens with one attached hydrogen (secondary N) is 1. The molecule has 1 unspecified atom stereocenters. The van der Waals surface area contributed by atoms with E-state index in [1.807, 2.05) is 67.5 Å². The van der Waals surface area contributed by atoms with Crippen LogP contribution in [0.25, 0.3) is 0 Å². The van der Waals surface area contributed by atoms with E-state index in [-0.39, 0.29) is 24.2 Å². The Labute approximate surface area is 159 Å². The van der Waals surface area contributed by atoms with E-state index in [9.17, 15) is 9.59 Å². The van der Waals surface area contributed by atoms with Crippen LogP contribution in [0.2, 0.25) is 0 Å². The van der Waals surface area contributed by atoms with Gasteiger partial charge in [0.05, 0.1) is 11.6 Å². The van der Waals surface area contributed by atoms with Crippen molar-refractivity contribution in [3.05, 3.63) is 54.6 Å².